The summed E-state index contributed by atoms with van der Waals surface area (Å²) in [6.45, 7) is 1.34. The number of carboxylic acid groups (broad SMARTS) is 1. The summed E-state index contributed by atoms with van der Waals surface area (Å²) in [5.41, 5.74) is 11.2. The fourth-order valence-corrected chi connectivity index (χ4v) is 1.12. The fourth-order valence-electron chi connectivity index (χ4n) is 1.12. The molecule has 0 saturated heterocycles. The predicted octanol–water partition coefficient (Wildman–Crippen LogP) is 0.752. The summed E-state index contributed by atoms with van der Waals surface area (Å²) in [4.78, 5) is 21.7. The Bertz CT molecular complexity index is 373. The van der Waals surface area contributed by atoms with Crippen LogP contribution in [0.3, 0.4) is 0 Å². The van der Waals surface area contributed by atoms with Crippen molar-refractivity contribution in [3.63, 3.8) is 0 Å². The minimum Gasteiger partial charge on any atom is -0.478 e. The number of aromatic carboxylic acids is 1. The van der Waals surface area contributed by atoms with Crippen LogP contribution in [0, 0.1) is 0 Å². The number of hydrogen-bond acceptors (Lipinski definition) is 4. The quantitative estimate of drug-likeness (QED) is 0.475. The molecule has 0 amide bonds. The predicted molar refractivity (Wildman–Crippen MR) is 52.2 cm³/mol. The van der Waals surface area contributed by atoms with Crippen LogP contribution in [0.25, 0.3) is 0 Å². The van der Waals surface area contributed by atoms with Crippen LogP contribution in [0.2, 0.25) is 0 Å². The van der Waals surface area contributed by atoms with E-state index < -0.39 is 5.97 Å². The summed E-state index contributed by atoms with van der Waals surface area (Å²) in [6, 6.07) is 2.47. The third kappa shape index (κ3) is 1.66. The maximum Gasteiger partial charge on any atom is 0.337 e. The van der Waals surface area contributed by atoms with Gasteiger partial charge in [-0.15, -0.1) is 0 Å². The van der Waals surface area contributed by atoms with Crippen LogP contribution in [0.1, 0.15) is 27.6 Å². The molecule has 74 valence electrons. The van der Waals surface area contributed by atoms with Gasteiger partial charge in [-0.2, -0.15) is 0 Å². The molecule has 0 aliphatic rings. The molecule has 0 unspecified atom stereocenters. The van der Waals surface area contributed by atoms with E-state index in [0.29, 0.717) is 0 Å². The lowest BCUT2D eigenvalue weighted by atomic mass is 10.0. The van der Waals surface area contributed by atoms with E-state index in [-0.39, 0.29) is 28.3 Å². The zero-order valence-electron chi connectivity index (χ0n) is 7.57. The van der Waals surface area contributed by atoms with Crippen molar-refractivity contribution >= 4 is 23.1 Å². The Labute approximate surface area is 80.3 Å². The summed E-state index contributed by atoms with van der Waals surface area (Å²) in [5.74, 6) is -1.41. The number of anilines is 2. The van der Waals surface area contributed by atoms with Gasteiger partial charge in [0.2, 0.25) is 0 Å². The van der Waals surface area contributed by atoms with Gasteiger partial charge in [-0.3, -0.25) is 4.79 Å². The summed E-state index contributed by atoms with van der Waals surface area (Å²) in [7, 11) is 0. The first-order valence-corrected chi connectivity index (χ1v) is 3.86. The van der Waals surface area contributed by atoms with E-state index in [1.54, 1.807) is 0 Å². The molecule has 0 aromatic heterocycles. The molecule has 0 spiro atoms. The second-order valence-corrected chi connectivity index (χ2v) is 2.89. The molecule has 0 bridgehead atoms. The fraction of sp³-hybridized carbons (Fsp3) is 0.111. The van der Waals surface area contributed by atoms with Gasteiger partial charge >= 0.3 is 5.97 Å². The average molecular weight is 194 g/mol. The van der Waals surface area contributed by atoms with Crippen LogP contribution >= 0.6 is 0 Å². The van der Waals surface area contributed by atoms with Crippen LogP contribution in [-0.4, -0.2) is 16.9 Å². The van der Waals surface area contributed by atoms with E-state index >= 15 is 0 Å². The minimum absolute atomic E-state index is 0.0388. The van der Waals surface area contributed by atoms with Crippen molar-refractivity contribution in [3.8, 4) is 0 Å². The van der Waals surface area contributed by atoms with Crippen LogP contribution in [0.15, 0.2) is 12.1 Å². The van der Waals surface area contributed by atoms with Gasteiger partial charge < -0.3 is 16.6 Å². The van der Waals surface area contributed by atoms with E-state index in [9.17, 15) is 9.59 Å². The van der Waals surface area contributed by atoms with Gasteiger partial charge in [0.05, 0.1) is 5.56 Å². The van der Waals surface area contributed by atoms with E-state index in [1.807, 2.05) is 0 Å². The molecule has 0 aliphatic carbocycles. The molecule has 0 fully saturated rings. The Morgan fingerprint density at radius 2 is 1.57 bits per heavy atom. The van der Waals surface area contributed by atoms with Crippen molar-refractivity contribution in [3.05, 3.63) is 23.3 Å². The standard InChI is InChI=1S/C9H10N2O3/c1-4(12)5-2-8(11)6(9(13)14)3-7(5)10/h2-3H,10-11H2,1H3,(H,13,14). The van der Waals surface area contributed by atoms with Gasteiger partial charge in [0.1, 0.15) is 0 Å². The number of carboxylic acids is 1. The number of rotatable bonds is 2. The number of carbonyl (C=O) groups excluding carboxylic acids is 1. The first-order chi connectivity index (χ1) is 6.43. The highest BCUT2D eigenvalue weighted by molar-refractivity contribution is 6.03. The van der Waals surface area contributed by atoms with Gasteiger partial charge in [0, 0.05) is 16.9 Å². The van der Waals surface area contributed by atoms with Gasteiger partial charge in [-0.05, 0) is 19.1 Å². The van der Waals surface area contributed by atoms with E-state index in [0.717, 1.165) is 0 Å². The van der Waals surface area contributed by atoms with E-state index in [2.05, 4.69) is 0 Å². The second kappa shape index (κ2) is 3.37. The zero-order chi connectivity index (χ0) is 10.9. The van der Waals surface area contributed by atoms with Crippen LogP contribution in [-0.2, 0) is 0 Å². The zero-order valence-corrected chi connectivity index (χ0v) is 7.57. The van der Waals surface area contributed by atoms with Crippen molar-refractivity contribution in [2.75, 3.05) is 11.5 Å². The van der Waals surface area contributed by atoms with E-state index in [4.69, 9.17) is 16.6 Å². The number of ketones is 1. The Kier molecular flexibility index (Phi) is 2.42. The molecule has 5 nitrogen and oxygen atoms in total. The van der Waals surface area contributed by atoms with Gasteiger partial charge in [-0.25, -0.2) is 4.79 Å². The summed E-state index contributed by atoms with van der Waals surface area (Å²) < 4.78 is 0. The number of nitrogens with two attached hydrogens (primary N) is 2. The SMILES string of the molecule is CC(=O)c1cc(N)c(C(=O)O)cc1N. The summed E-state index contributed by atoms with van der Waals surface area (Å²) in [5, 5.41) is 8.70. The Hall–Kier alpha value is -2.04. The van der Waals surface area contributed by atoms with Crippen LogP contribution in [0.5, 0.6) is 0 Å². The van der Waals surface area contributed by atoms with E-state index in [1.165, 1.54) is 19.1 Å². The molecule has 0 atom stereocenters. The van der Waals surface area contributed by atoms with Crippen molar-refractivity contribution in [2.45, 2.75) is 6.92 Å². The van der Waals surface area contributed by atoms with Gasteiger partial charge in [0.15, 0.2) is 5.78 Å². The monoisotopic (exact) mass is 194 g/mol. The van der Waals surface area contributed by atoms with Crippen molar-refractivity contribution < 1.29 is 14.7 Å². The second-order valence-electron chi connectivity index (χ2n) is 2.89. The number of carbonyl (C=O) groups is 2. The molecule has 1 aromatic rings. The van der Waals surface area contributed by atoms with Crippen molar-refractivity contribution in [1.29, 1.82) is 0 Å². The molecule has 1 aromatic carbocycles. The van der Waals surface area contributed by atoms with Crippen LogP contribution < -0.4 is 11.5 Å². The number of Topliss-reactive ketones (excluding diaryl/α,β-unsaturated/α-hetero) is 1. The molecule has 5 heteroatoms. The molecule has 0 saturated carbocycles. The lowest BCUT2D eigenvalue weighted by Gasteiger charge is -2.06. The van der Waals surface area contributed by atoms with Crippen molar-refractivity contribution in [2.24, 2.45) is 0 Å². The molecular formula is C9H10N2O3. The summed E-state index contributed by atoms with van der Waals surface area (Å²) >= 11 is 0. The highest BCUT2D eigenvalue weighted by Crippen LogP contribution is 2.21. The highest BCUT2D eigenvalue weighted by atomic mass is 16.4. The first-order valence-electron chi connectivity index (χ1n) is 3.86. The lowest BCUT2D eigenvalue weighted by Crippen LogP contribution is -2.07. The lowest BCUT2D eigenvalue weighted by molar-refractivity contribution is 0.0697. The maximum absolute atomic E-state index is 11.0. The largest absolute Gasteiger partial charge is 0.478 e. The third-order valence-electron chi connectivity index (χ3n) is 1.83. The molecule has 1 rings (SSSR count). The Balaban J connectivity index is 3.38. The normalized spacial score (nSPS) is 9.79. The molecular weight excluding hydrogens is 184 g/mol. The smallest absolute Gasteiger partial charge is 0.337 e. The topological polar surface area (TPSA) is 106 Å². The summed E-state index contributed by atoms with van der Waals surface area (Å²) in [6.07, 6.45) is 0. The molecule has 14 heavy (non-hydrogen) atoms. The third-order valence-corrected chi connectivity index (χ3v) is 1.83. The Morgan fingerprint density at radius 1 is 1.14 bits per heavy atom. The maximum atomic E-state index is 11.0. The Morgan fingerprint density at radius 3 is 2.00 bits per heavy atom. The number of benzene rings is 1. The average Bonchev–Trinajstić information content (AvgIpc) is 2.07. The molecule has 0 aliphatic heterocycles. The number of nitrogen functional groups attached to an aromatic ring is 2. The molecule has 0 heterocycles. The van der Waals surface area contributed by atoms with Crippen molar-refractivity contribution in [1.82, 2.24) is 0 Å². The van der Waals surface area contributed by atoms with Gasteiger partial charge in [0.25, 0.3) is 0 Å². The van der Waals surface area contributed by atoms with Gasteiger partial charge in [-0.1, -0.05) is 0 Å². The molecule has 5 N–H and O–H groups in total. The minimum atomic E-state index is -1.16. The first kappa shape index (κ1) is 10.0. The number of hydrogen-bond donors (Lipinski definition) is 3. The molecule has 0 radical (unpaired) electrons. The highest BCUT2D eigenvalue weighted by Gasteiger charge is 2.13. The van der Waals surface area contributed by atoms with Crippen LogP contribution in [0.4, 0.5) is 11.4 Å².